The number of aromatic nitrogens is 3. The first kappa shape index (κ1) is 12.6. The Hall–Kier alpha value is -2.90. The Bertz CT molecular complexity index is 650. The van der Waals surface area contributed by atoms with Gasteiger partial charge in [0.05, 0.1) is 18.4 Å². The number of carbonyl (C=O) groups is 2. The molecule has 2 aromatic rings. The predicted molar refractivity (Wildman–Crippen MR) is 65.6 cm³/mol. The number of rotatable bonds is 3. The molecule has 0 saturated carbocycles. The van der Waals surface area contributed by atoms with Crippen molar-refractivity contribution in [2.24, 2.45) is 5.73 Å². The summed E-state index contributed by atoms with van der Waals surface area (Å²) in [6, 6.07) is 4.53. The smallest absolute Gasteiger partial charge is 0.377 e. The SMILES string of the molecule is COC(=O)c1ncn(-c2cc(N)ccc2C(N)=O)n1. The van der Waals surface area contributed by atoms with Gasteiger partial charge in [-0.2, -0.15) is 0 Å². The molecule has 19 heavy (non-hydrogen) atoms. The molecule has 0 fully saturated rings. The first-order chi connectivity index (χ1) is 9.02. The molecule has 0 bridgehead atoms. The van der Waals surface area contributed by atoms with E-state index in [2.05, 4.69) is 14.8 Å². The lowest BCUT2D eigenvalue weighted by Gasteiger charge is -2.06. The van der Waals surface area contributed by atoms with Gasteiger partial charge in [0.15, 0.2) is 0 Å². The van der Waals surface area contributed by atoms with Crippen LogP contribution in [0.3, 0.4) is 0 Å². The second kappa shape index (κ2) is 4.77. The molecule has 0 atom stereocenters. The number of nitrogens with zero attached hydrogens (tertiary/aromatic N) is 3. The number of hydrogen-bond donors (Lipinski definition) is 2. The fourth-order valence-corrected chi connectivity index (χ4v) is 1.51. The number of esters is 1. The minimum absolute atomic E-state index is 0.125. The van der Waals surface area contributed by atoms with Crippen LogP contribution in [0.5, 0.6) is 0 Å². The van der Waals surface area contributed by atoms with Crippen molar-refractivity contribution in [3.05, 3.63) is 35.9 Å². The van der Waals surface area contributed by atoms with E-state index in [0.29, 0.717) is 11.4 Å². The van der Waals surface area contributed by atoms with E-state index in [9.17, 15) is 9.59 Å². The first-order valence-electron chi connectivity index (χ1n) is 5.22. The Labute approximate surface area is 108 Å². The van der Waals surface area contributed by atoms with Crippen molar-refractivity contribution >= 4 is 17.6 Å². The predicted octanol–water partition coefficient (Wildman–Crippen LogP) is -0.265. The molecule has 1 aromatic carbocycles. The average molecular weight is 261 g/mol. The molecule has 4 N–H and O–H groups in total. The summed E-state index contributed by atoms with van der Waals surface area (Å²) >= 11 is 0. The lowest BCUT2D eigenvalue weighted by molar-refractivity contribution is 0.0587. The number of anilines is 1. The third-order valence-corrected chi connectivity index (χ3v) is 2.39. The lowest BCUT2D eigenvalue weighted by Crippen LogP contribution is -2.15. The maximum absolute atomic E-state index is 11.3. The highest BCUT2D eigenvalue weighted by molar-refractivity contribution is 5.97. The van der Waals surface area contributed by atoms with E-state index in [4.69, 9.17) is 11.5 Å². The van der Waals surface area contributed by atoms with Crippen molar-refractivity contribution in [2.45, 2.75) is 0 Å². The third-order valence-electron chi connectivity index (χ3n) is 2.39. The van der Waals surface area contributed by atoms with Gasteiger partial charge in [0.2, 0.25) is 0 Å². The van der Waals surface area contributed by atoms with Gasteiger partial charge in [0.25, 0.3) is 11.7 Å². The van der Waals surface area contributed by atoms with Crippen LogP contribution in [-0.2, 0) is 4.74 Å². The Morgan fingerprint density at radius 1 is 1.37 bits per heavy atom. The fraction of sp³-hybridized carbons (Fsp3) is 0.0909. The average Bonchev–Trinajstić information content (AvgIpc) is 2.86. The van der Waals surface area contributed by atoms with Crippen molar-refractivity contribution in [1.82, 2.24) is 14.8 Å². The molecule has 0 aliphatic carbocycles. The van der Waals surface area contributed by atoms with Gasteiger partial charge in [-0.1, -0.05) is 0 Å². The zero-order chi connectivity index (χ0) is 14.0. The Kier molecular flexibility index (Phi) is 3.15. The summed E-state index contributed by atoms with van der Waals surface area (Å²) in [5.74, 6) is -1.44. The van der Waals surface area contributed by atoms with Crippen LogP contribution in [0, 0.1) is 0 Å². The van der Waals surface area contributed by atoms with Crippen molar-refractivity contribution in [3.8, 4) is 5.69 Å². The Morgan fingerprint density at radius 3 is 2.74 bits per heavy atom. The lowest BCUT2D eigenvalue weighted by atomic mass is 10.1. The first-order valence-corrected chi connectivity index (χ1v) is 5.22. The van der Waals surface area contributed by atoms with E-state index < -0.39 is 11.9 Å². The Balaban J connectivity index is 2.52. The van der Waals surface area contributed by atoms with E-state index in [-0.39, 0.29) is 11.4 Å². The van der Waals surface area contributed by atoms with Crippen LogP contribution in [-0.4, -0.2) is 33.8 Å². The van der Waals surface area contributed by atoms with Gasteiger partial charge in [0, 0.05) is 5.69 Å². The van der Waals surface area contributed by atoms with E-state index in [1.165, 1.54) is 30.3 Å². The molecule has 2 rings (SSSR count). The summed E-state index contributed by atoms with van der Waals surface area (Å²) in [4.78, 5) is 26.4. The van der Waals surface area contributed by atoms with Crippen LogP contribution in [0.1, 0.15) is 21.0 Å². The van der Waals surface area contributed by atoms with Crippen molar-refractivity contribution in [3.63, 3.8) is 0 Å². The highest BCUT2D eigenvalue weighted by atomic mass is 16.5. The number of benzene rings is 1. The molecule has 0 radical (unpaired) electrons. The molecule has 0 aliphatic heterocycles. The number of hydrogen-bond acceptors (Lipinski definition) is 6. The summed E-state index contributed by atoms with van der Waals surface area (Å²) in [6.07, 6.45) is 1.27. The van der Waals surface area contributed by atoms with Gasteiger partial charge >= 0.3 is 5.97 Å². The summed E-state index contributed by atoms with van der Waals surface area (Å²) < 4.78 is 5.73. The summed E-state index contributed by atoms with van der Waals surface area (Å²) in [7, 11) is 1.22. The zero-order valence-corrected chi connectivity index (χ0v) is 10.0. The molecular weight excluding hydrogens is 250 g/mol. The number of nitrogen functional groups attached to an aromatic ring is 1. The Morgan fingerprint density at radius 2 is 2.11 bits per heavy atom. The number of methoxy groups -OCH3 is 1. The fourth-order valence-electron chi connectivity index (χ4n) is 1.51. The van der Waals surface area contributed by atoms with Gasteiger partial charge in [-0.05, 0) is 18.2 Å². The van der Waals surface area contributed by atoms with Gasteiger partial charge in [-0.25, -0.2) is 14.5 Å². The number of primary amides is 1. The normalized spacial score (nSPS) is 10.2. The molecule has 0 aliphatic rings. The van der Waals surface area contributed by atoms with Gasteiger partial charge in [-0.15, -0.1) is 5.10 Å². The molecule has 0 spiro atoms. The molecule has 0 unspecified atom stereocenters. The minimum Gasteiger partial charge on any atom is -0.463 e. The molecule has 1 heterocycles. The number of carbonyl (C=O) groups excluding carboxylic acids is 2. The van der Waals surface area contributed by atoms with E-state index in [0.717, 1.165) is 0 Å². The number of amides is 1. The van der Waals surface area contributed by atoms with Crippen LogP contribution in [0.4, 0.5) is 5.69 Å². The van der Waals surface area contributed by atoms with Gasteiger partial charge in [0.1, 0.15) is 6.33 Å². The standard InChI is InChI=1S/C11H11N5O3/c1-19-11(18)10-14-5-16(15-10)8-4-6(12)2-3-7(8)9(13)17/h2-5H,12H2,1H3,(H2,13,17). The number of nitrogens with two attached hydrogens (primary N) is 2. The summed E-state index contributed by atoms with van der Waals surface area (Å²) in [5, 5.41) is 3.90. The van der Waals surface area contributed by atoms with Crippen LogP contribution >= 0.6 is 0 Å². The highest BCUT2D eigenvalue weighted by Gasteiger charge is 2.15. The van der Waals surface area contributed by atoms with E-state index >= 15 is 0 Å². The quantitative estimate of drug-likeness (QED) is 0.578. The van der Waals surface area contributed by atoms with Gasteiger partial charge < -0.3 is 16.2 Å². The second-order valence-corrected chi connectivity index (χ2v) is 3.65. The maximum atomic E-state index is 11.3. The van der Waals surface area contributed by atoms with Crippen LogP contribution in [0.25, 0.3) is 5.69 Å². The zero-order valence-electron chi connectivity index (χ0n) is 10.0. The van der Waals surface area contributed by atoms with Crippen molar-refractivity contribution in [2.75, 3.05) is 12.8 Å². The number of ether oxygens (including phenoxy) is 1. The molecule has 1 amide bonds. The largest absolute Gasteiger partial charge is 0.463 e. The third kappa shape index (κ3) is 2.37. The highest BCUT2D eigenvalue weighted by Crippen LogP contribution is 2.17. The molecular formula is C11H11N5O3. The van der Waals surface area contributed by atoms with Gasteiger partial charge in [-0.3, -0.25) is 4.79 Å². The van der Waals surface area contributed by atoms with E-state index in [1.807, 2.05) is 0 Å². The molecule has 8 heteroatoms. The second-order valence-electron chi connectivity index (χ2n) is 3.65. The minimum atomic E-state index is -0.678. The molecule has 0 saturated heterocycles. The summed E-state index contributed by atoms with van der Waals surface area (Å²) in [5.41, 5.74) is 11.9. The topological polar surface area (TPSA) is 126 Å². The van der Waals surface area contributed by atoms with Crippen LogP contribution in [0.2, 0.25) is 0 Å². The van der Waals surface area contributed by atoms with E-state index in [1.54, 1.807) is 6.07 Å². The maximum Gasteiger partial charge on any atom is 0.377 e. The molecule has 8 nitrogen and oxygen atoms in total. The molecule has 98 valence electrons. The van der Waals surface area contributed by atoms with Crippen LogP contribution in [0.15, 0.2) is 24.5 Å². The van der Waals surface area contributed by atoms with Crippen LogP contribution < -0.4 is 11.5 Å². The summed E-state index contributed by atoms with van der Waals surface area (Å²) in [6.45, 7) is 0. The van der Waals surface area contributed by atoms with Crippen molar-refractivity contribution in [1.29, 1.82) is 0 Å². The monoisotopic (exact) mass is 261 g/mol. The molecule has 1 aromatic heterocycles. The van der Waals surface area contributed by atoms with Crippen molar-refractivity contribution < 1.29 is 14.3 Å².